The number of rotatable bonds is 6. The van der Waals surface area contributed by atoms with Crippen LogP contribution in [0.5, 0.6) is 0 Å². The van der Waals surface area contributed by atoms with Crippen LogP contribution in [0.4, 0.5) is 11.4 Å². The van der Waals surface area contributed by atoms with Crippen molar-refractivity contribution in [3.8, 4) is 11.3 Å². The third-order valence-electron chi connectivity index (χ3n) is 6.39. The molecule has 3 aromatic carbocycles. The predicted molar refractivity (Wildman–Crippen MR) is 158 cm³/mol. The van der Waals surface area contributed by atoms with Crippen molar-refractivity contribution < 1.29 is 14.0 Å². The number of carbonyl (C=O) groups excluding carboxylic acids is 2. The fourth-order valence-corrected chi connectivity index (χ4v) is 4.90. The van der Waals surface area contributed by atoms with E-state index in [1.165, 1.54) is 0 Å². The Balaban J connectivity index is 1.17. The van der Waals surface area contributed by atoms with Gasteiger partial charge in [0.05, 0.1) is 20.8 Å². The largest absolute Gasteiger partial charge is 0.451 e. The van der Waals surface area contributed by atoms with Gasteiger partial charge in [-0.05, 0) is 60.2 Å². The first kappa shape index (κ1) is 26.9. The summed E-state index contributed by atoms with van der Waals surface area (Å²) >= 11 is 18.7. The minimum absolute atomic E-state index is 0.0112. The number of nitrogens with one attached hydrogen (secondary N) is 1. The Morgan fingerprint density at radius 2 is 1.56 bits per heavy atom. The summed E-state index contributed by atoms with van der Waals surface area (Å²) in [5.41, 5.74) is 3.09. The van der Waals surface area contributed by atoms with Gasteiger partial charge in [-0.2, -0.15) is 0 Å². The molecule has 198 valence electrons. The van der Waals surface area contributed by atoms with E-state index < -0.39 is 5.91 Å². The van der Waals surface area contributed by atoms with Gasteiger partial charge in [0.1, 0.15) is 5.76 Å². The molecule has 0 atom stereocenters. The average Bonchev–Trinajstić information content (AvgIpc) is 3.45. The molecule has 0 saturated carbocycles. The van der Waals surface area contributed by atoms with E-state index in [9.17, 15) is 9.59 Å². The number of carbonyl (C=O) groups is 2. The number of amides is 2. The van der Waals surface area contributed by atoms with Gasteiger partial charge in [-0.15, -0.1) is 0 Å². The van der Waals surface area contributed by atoms with Crippen LogP contribution in [0, 0.1) is 0 Å². The first-order valence-electron chi connectivity index (χ1n) is 12.3. The molecule has 0 unspecified atom stereocenters. The summed E-state index contributed by atoms with van der Waals surface area (Å²) in [7, 11) is 0. The van der Waals surface area contributed by atoms with Gasteiger partial charge in [0, 0.05) is 43.5 Å². The number of halogens is 3. The van der Waals surface area contributed by atoms with Crippen LogP contribution in [-0.4, -0.2) is 42.9 Å². The van der Waals surface area contributed by atoms with Crippen LogP contribution >= 0.6 is 34.8 Å². The van der Waals surface area contributed by atoms with Crippen molar-refractivity contribution in [2.24, 2.45) is 0 Å². The van der Waals surface area contributed by atoms with E-state index in [-0.39, 0.29) is 11.7 Å². The van der Waals surface area contributed by atoms with E-state index in [0.717, 1.165) is 11.3 Å². The quantitative estimate of drug-likeness (QED) is 0.240. The highest BCUT2D eigenvalue weighted by Gasteiger charge is 2.22. The Hall–Kier alpha value is -3.71. The summed E-state index contributed by atoms with van der Waals surface area (Å²) in [6.45, 7) is 2.49. The molecule has 9 heteroatoms. The summed E-state index contributed by atoms with van der Waals surface area (Å²) in [6.07, 6.45) is 3.44. The summed E-state index contributed by atoms with van der Waals surface area (Å²) in [5, 5.41) is 4.17. The molecule has 0 radical (unpaired) electrons. The van der Waals surface area contributed by atoms with Gasteiger partial charge >= 0.3 is 0 Å². The van der Waals surface area contributed by atoms with Crippen molar-refractivity contribution in [1.29, 1.82) is 0 Å². The third kappa shape index (κ3) is 6.48. The van der Waals surface area contributed by atoms with E-state index in [1.54, 1.807) is 48.5 Å². The highest BCUT2D eigenvalue weighted by atomic mass is 35.5. The fourth-order valence-electron chi connectivity index (χ4n) is 4.30. The van der Waals surface area contributed by atoms with Crippen molar-refractivity contribution in [2.75, 3.05) is 36.4 Å². The first-order chi connectivity index (χ1) is 18.9. The number of benzene rings is 3. The number of hydrogen-bond acceptors (Lipinski definition) is 4. The maximum atomic E-state index is 12.8. The van der Waals surface area contributed by atoms with Gasteiger partial charge in [-0.1, -0.05) is 65.1 Å². The van der Waals surface area contributed by atoms with Crippen molar-refractivity contribution >= 4 is 64.1 Å². The first-order valence-corrected chi connectivity index (χ1v) is 13.4. The van der Waals surface area contributed by atoms with Crippen LogP contribution in [0.25, 0.3) is 17.4 Å². The van der Waals surface area contributed by atoms with E-state index in [4.69, 9.17) is 39.2 Å². The summed E-state index contributed by atoms with van der Waals surface area (Å²) in [5.74, 6) is 0.238. The van der Waals surface area contributed by atoms with Crippen LogP contribution in [0.2, 0.25) is 15.1 Å². The normalized spacial score (nSPS) is 13.6. The molecule has 39 heavy (non-hydrogen) atoms. The zero-order valence-corrected chi connectivity index (χ0v) is 23.0. The van der Waals surface area contributed by atoms with E-state index >= 15 is 0 Å². The Labute approximate surface area is 241 Å². The maximum Gasteiger partial charge on any atom is 0.291 e. The minimum Gasteiger partial charge on any atom is -0.451 e. The molecule has 0 spiro atoms. The predicted octanol–water partition coefficient (Wildman–Crippen LogP) is 7.52. The van der Waals surface area contributed by atoms with Gasteiger partial charge in [-0.25, -0.2) is 0 Å². The monoisotopic (exact) mass is 579 g/mol. The van der Waals surface area contributed by atoms with Gasteiger partial charge in [0.25, 0.3) is 5.91 Å². The molecule has 2 amide bonds. The van der Waals surface area contributed by atoms with E-state index in [0.29, 0.717) is 58.3 Å². The molecule has 2 heterocycles. The molecule has 4 aromatic rings. The molecule has 6 nitrogen and oxygen atoms in total. The van der Waals surface area contributed by atoms with Gasteiger partial charge < -0.3 is 19.5 Å². The fraction of sp³-hybridized carbons (Fsp3) is 0.133. The summed E-state index contributed by atoms with van der Waals surface area (Å²) < 4.78 is 5.73. The van der Waals surface area contributed by atoms with Crippen LogP contribution < -0.4 is 10.2 Å². The Morgan fingerprint density at radius 3 is 2.28 bits per heavy atom. The minimum atomic E-state index is -0.402. The topological polar surface area (TPSA) is 65.8 Å². The van der Waals surface area contributed by atoms with Crippen molar-refractivity contribution in [1.82, 2.24) is 4.90 Å². The van der Waals surface area contributed by atoms with Crippen LogP contribution in [0.15, 0.2) is 89.4 Å². The van der Waals surface area contributed by atoms with Crippen LogP contribution in [0.3, 0.4) is 0 Å². The van der Waals surface area contributed by atoms with Crippen molar-refractivity contribution in [3.05, 3.63) is 111 Å². The molecule has 5 rings (SSSR count). The molecule has 1 aliphatic heterocycles. The number of nitrogens with zero attached hydrogens (tertiary/aromatic N) is 2. The van der Waals surface area contributed by atoms with Crippen LogP contribution in [-0.2, 0) is 4.79 Å². The van der Waals surface area contributed by atoms with Gasteiger partial charge in [0.2, 0.25) is 5.91 Å². The number of furan rings is 1. The molecule has 1 aliphatic rings. The second kappa shape index (κ2) is 12.0. The van der Waals surface area contributed by atoms with E-state index in [1.807, 2.05) is 47.4 Å². The maximum absolute atomic E-state index is 12.8. The lowest BCUT2D eigenvalue weighted by molar-refractivity contribution is -0.126. The zero-order chi connectivity index (χ0) is 27.4. The molecule has 1 N–H and O–H groups in total. The molecular weight excluding hydrogens is 557 g/mol. The second-order valence-corrected chi connectivity index (χ2v) is 10.2. The van der Waals surface area contributed by atoms with Crippen molar-refractivity contribution in [3.63, 3.8) is 0 Å². The van der Waals surface area contributed by atoms with Gasteiger partial charge in [0.15, 0.2) is 5.76 Å². The second-order valence-electron chi connectivity index (χ2n) is 8.97. The highest BCUT2D eigenvalue weighted by molar-refractivity contribution is 6.42. The molecular formula is C30H24Cl3N3O3. The lowest BCUT2D eigenvalue weighted by Crippen LogP contribution is -2.48. The Kier molecular flexibility index (Phi) is 8.27. The summed E-state index contributed by atoms with van der Waals surface area (Å²) in [6, 6.07) is 23.5. The standard InChI is InChI=1S/C30H24Cl3N3O3/c31-23-9-7-21(18-24(23)32)27-11-12-28(39-27)30(38)34-22-8-10-26(25(33)19-22)35-14-16-36(17-15-35)29(37)13-6-20-4-2-1-3-5-20/h1-13,18-19H,14-17H2,(H,34,38)/b13-6+. The van der Waals surface area contributed by atoms with E-state index in [2.05, 4.69) is 10.2 Å². The Morgan fingerprint density at radius 1 is 0.795 bits per heavy atom. The SMILES string of the molecule is O=C(Nc1ccc(N2CCN(C(=O)/C=C/c3ccccc3)CC2)c(Cl)c1)c1ccc(-c2ccc(Cl)c(Cl)c2)o1. The number of hydrogen-bond donors (Lipinski definition) is 1. The number of piperazine rings is 1. The molecule has 0 aliphatic carbocycles. The van der Waals surface area contributed by atoms with Crippen LogP contribution in [0.1, 0.15) is 16.1 Å². The zero-order valence-electron chi connectivity index (χ0n) is 20.7. The smallest absolute Gasteiger partial charge is 0.291 e. The molecule has 1 fully saturated rings. The van der Waals surface area contributed by atoms with Crippen molar-refractivity contribution in [2.45, 2.75) is 0 Å². The Bertz CT molecular complexity index is 1530. The molecule has 1 saturated heterocycles. The highest BCUT2D eigenvalue weighted by Crippen LogP contribution is 2.32. The third-order valence-corrected chi connectivity index (χ3v) is 7.43. The van der Waals surface area contributed by atoms with Gasteiger partial charge in [-0.3, -0.25) is 9.59 Å². The molecule has 1 aromatic heterocycles. The lowest BCUT2D eigenvalue weighted by atomic mass is 10.2. The number of anilines is 2. The summed E-state index contributed by atoms with van der Waals surface area (Å²) in [4.78, 5) is 29.3. The molecule has 0 bridgehead atoms. The lowest BCUT2D eigenvalue weighted by Gasteiger charge is -2.36. The average molecular weight is 581 g/mol.